The number of nitrogens with zero attached hydrogens (tertiary/aromatic N) is 2. The summed E-state index contributed by atoms with van der Waals surface area (Å²) in [6, 6.07) is 7.21. The Morgan fingerprint density at radius 2 is 2.00 bits per heavy atom. The van der Waals surface area contributed by atoms with Crippen molar-refractivity contribution in [1.82, 2.24) is 10.9 Å². The molecule has 0 spiro atoms. The lowest BCUT2D eigenvalue weighted by molar-refractivity contribution is 0.376. The van der Waals surface area contributed by atoms with Gasteiger partial charge in [-0.15, -0.1) is 0 Å². The van der Waals surface area contributed by atoms with Gasteiger partial charge in [-0.2, -0.15) is 10.1 Å². The second-order valence-corrected chi connectivity index (χ2v) is 3.30. The first-order valence-electron chi connectivity index (χ1n) is 4.33. The molecule has 78 valence electrons. The Labute approximate surface area is 87.3 Å². The molecule has 1 aromatic heterocycles. The number of halogens is 1. The van der Waals surface area contributed by atoms with E-state index < -0.39 is 0 Å². The predicted molar refractivity (Wildman–Crippen MR) is 57.7 cm³/mol. The normalized spacial score (nSPS) is 9.73. The van der Waals surface area contributed by atoms with E-state index in [4.69, 9.17) is 5.26 Å². The molecule has 0 aliphatic rings. The van der Waals surface area contributed by atoms with Crippen LogP contribution in [-0.2, 0) is 0 Å². The van der Waals surface area contributed by atoms with Crippen molar-refractivity contribution in [2.45, 2.75) is 13.8 Å². The highest BCUT2D eigenvalue weighted by Crippen LogP contribution is 2.27. The summed E-state index contributed by atoms with van der Waals surface area (Å²) < 4.78 is 13.6. The molecular formula is C11H12FN3. The quantitative estimate of drug-likeness (QED) is 0.718. The van der Waals surface area contributed by atoms with Gasteiger partial charge in [0, 0.05) is 5.39 Å². The van der Waals surface area contributed by atoms with Crippen molar-refractivity contribution in [3.63, 3.8) is 0 Å². The van der Waals surface area contributed by atoms with Gasteiger partial charge in [-0.25, -0.2) is 0 Å². The fraction of sp³-hybridized carbons (Fsp3) is 0.182. The molecule has 2 aromatic rings. The van der Waals surface area contributed by atoms with Crippen molar-refractivity contribution < 1.29 is 4.48 Å². The van der Waals surface area contributed by atoms with Gasteiger partial charge in [0.1, 0.15) is 6.07 Å². The summed E-state index contributed by atoms with van der Waals surface area (Å²) in [4.78, 5) is 0.587. The molecule has 0 saturated heterocycles. The van der Waals surface area contributed by atoms with Crippen LogP contribution in [0.1, 0.15) is 16.8 Å². The molecule has 0 atom stereocenters. The second kappa shape index (κ2) is 3.71. The number of benzene rings is 1. The number of nitriles is 1. The summed E-state index contributed by atoms with van der Waals surface area (Å²) in [5.74, 6) is 0. The van der Waals surface area contributed by atoms with Crippen LogP contribution in [0.25, 0.3) is 10.9 Å². The Morgan fingerprint density at radius 1 is 1.33 bits per heavy atom. The van der Waals surface area contributed by atoms with E-state index in [0.29, 0.717) is 21.6 Å². The molecule has 3 N–H and O–H groups in total. The Balaban J connectivity index is 0.00000112. The van der Waals surface area contributed by atoms with E-state index in [2.05, 4.69) is 0 Å². The molecule has 0 amide bonds. The molecule has 0 radical (unpaired) electrons. The summed E-state index contributed by atoms with van der Waals surface area (Å²) >= 11 is 0. The minimum Gasteiger partial charge on any atom is -0.344 e. The smallest absolute Gasteiger partial charge is 0.101 e. The molecule has 0 saturated carbocycles. The van der Waals surface area contributed by atoms with Crippen molar-refractivity contribution in [2.24, 2.45) is 0 Å². The number of para-hydroxylation sites is 1. The minimum absolute atomic E-state index is 0. The van der Waals surface area contributed by atoms with Gasteiger partial charge in [0.2, 0.25) is 0 Å². The summed E-state index contributed by atoms with van der Waals surface area (Å²) in [7, 11) is 0. The molecule has 0 aliphatic carbocycles. The molecule has 1 aromatic carbocycles. The van der Waals surface area contributed by atoms with Crippen LogP contribution in [0.5, 0.6) is 0 Å². The Hall–Kier alpha value is -1.86. The molecule has 3 nitrogen and oxygen atoms in total. The van der Waals surface area contributed by atoms with Crippen LogP contribution in [0, 0.1) is 25.2 Å². The van der Waals surface area contributed by atoms with E-state index in [-0.39, 0.29) is 6.15 Å². The van der Waals surface area contributed by atoms with Gasteiger partial charge < -0.3 is 6.15 Å². The summed E-state index contributed by atoms with van der Waals surface area (Å²) in [6.07, 6.45) is 0. The Bertz CT molecular complexity index is 549. The Kier molecular flexibility index (Phi) is 2.78. The fourth-order valence-corrected chi connectivity index (χ4v) is 1.66. The highest BCUT2D eigenvalue weighted by Gasteiger charge is 2.13. The van der Waals surface area contributed by atoms with E-state index in [9.17, 15) is 4.48 Å². The summed E-state index contributed by atoms with van der Waals surface area (Å²) in [5.41, 5.74) is 2.20. The van der Waals surface area contributed by atoms with Gasteiger partial charge in [-0.1, -0.05) is 16.6 Å². The lowest BCUT2D eigenvalue weighted by Gasteiger charge is -1.95. The minimum atomic E-state index is 0. The Morgan fingerprint density at radius 3 is 2.60 bits per heavy atom. The average molecular weight is 205 g/mol. The molecular weight excluding hydrogens is 193 g/mol. The van der Waals surface area contributed by atoms with Gasteiger partial charge in [0.25, 0.3) is 0 Å². The molecule has 1 heterocycles. The monoisotopic (exact) mass is 205 g/mol. The van der Waals surface area contributed by atoms with E-state index in [1.807, 2.05) is 19.1 Å². The zero-order chi connectivity index (χ0) is 10.3. The van der Waals surface area contributed by atoms with Crippen molar-refractivity contribution >= 4 is 10.9 Å². The number of hydrogen-bond donors (Lipinski definition) is 1. The van der Waals surface area contributed by atoms with Crippen LogP contribution < -0.4 is 6.15 Å². The number of hydrogen-bond acceptors (Lipinski definition) is 2. The third-order valence-corrected chi connectivity index (χ3v) is 2.59. The number of rotatable bonds is 0. The second-order valence-electron chi connectivity index (χ2n) is 3.30. The van der Waals surface area contributed by atoms with Crippen molar-refractivity contribution in [3.8, 4) is 6.07 Å². The van der Waals surface area contributed by atoms with Crippen LogP contribution in [0.15, 0.2) is 18.2 Å². The van der Waals surface area contributed by atoms with Crippen LogP contribution >= 0.6 is 0 Å². The lowest BCUT2D eigenvalue weighted by atomic mass is 10.1. The molecule has 2 rings (SSSR count). The van der Waals surface area contributed by atoms with E-state index >= 15 is 0 Å². The third kappa shape index (κ3) is 1.37. The van der Waals surface area contributed by atoms with E-state index in [0.717, 1.165) is 10.9 Å². The first-order chi connectivity index (χ1) is 6.66. The van der Waals surface area contributed by atoms with Crippen LogP contribution in [0.3, 0.4) is 0 Å². The highest BCUT2D eigenvalue weighted by atomic mass is 19.2. The van der Waals surface area contributed by atoms with Crippen LogP contribution in [0.2, 0.25) is 0 Å². The average Bonchev–Trinajstić information content (AvgIpc) is 2.44. The maximum Gasteiger partial charge on any atom is 0.101 e. The van der Waals surface area contributed by atoms with E-state index in [1.165, 1.54) is 0 Å². The molecule has 0 unspecified atom stereocenters. The molecule has 15 heavy (non-hydrogen) atoms. The standard InChI is InChI=1S/C11H9FN2.H3N/c1-7-8(2)14(12)11-9(6-13)4-3-5-10(7)11;/h3-5H,1-2H3;1H3. The van der Waals surface area contributed by atoms with Gasteiger partial charge in [0.05, 0.1) is 16.8 Å². The number of fused-ring (bicyclic) bond motifs is 1. The highest BCUT2D eigenvalue weighted by molar-refractivity contribution is 5.89. The van der Waals surface area contributed by atoms with E-state index in [1.54, 1.807) is 19.1 Å². The maximum atomic E-state index is 13.6. The van der Waals surface area contributed by atoms with Gasteiger partial charge in [0.15, 0.2) is 0 Å². The largest absolute Gasteiger partial charge is 0.344 e. The predicted octanol–water partition coefficient (Wildman–Crippen LogP) is 3.02. The zero-order valence-electron chi connectivity index (χ0n) is 8.71. The van der Waals surface area contributed by atoms with Crippen LogP contribution in [-0.4, -0.2) is 4.79 Å². The number of aromatic nitrogens is 1. The van der Waals surface area contributed by atoms with Crippen molar-refractivity contribution in [2.75, 3.05) is 0 Å². The zero-order valence-corrected chi connectivity index (χ0v) is 8.71. The lowest BCUT2D eigenvalue weighted by Crippen LogP contribution is -1.87. The van der Waals surface area contributed by atoms with Crippen molar-refractivity contribution in [1.29, 1.82) is 5.26 Å². The fourth-order valence-electron chi connectivity index (χ4n) is 1.66. The summed E-state index contributed by atoms with van der Waals surface area (Å²) in [6.45, 7) is 3.56. The van der Waals surface area contributed by atoms with Gasteiger partial charge in [-0.3, -0.25) is 0 Å². The van der Waals surface area contributed by atoms with Gasteiger partial charge in [-0.05, 0) is 25.5 Å². The molecule has 0 fully saturated rings. The van der Waals surface area contributed by atoms with Gasteiger partial charge >= 0.3 is 0 Å². The van der Waals surface area contributed by atoms with Crippen LogP contribution in [0.4, 0.5) is 4.48 Å². The SMILES string of the molecule is Cc1c(C)n(F)c2c(C#N)cccc12.N. The maximum absolute atomic E-state index is 13.6. The third-order valence-electron chi connectivity index (χ3n) is 2.59. The number of aryl methyl sites for hydroxylation is 1. The first-order valence-corrected chi connectivity index (χ1v) is 4.33. The first kappa shape index (κ1) is 11.2. The molecule has 4 heteroatoms. The molecule has 0 bridgehead atoms. The molecule has 0 aliphatic heterocycles. The topological polar surface area (TPSA) is 63.7 Å². The summed E-state index contributed by atoms with van der Waals surface area (Å²) in [5, 5.41) is 9.64. The van der Waals surface area contributed by atoms with Crippen molar-refractivity contribution in [3.05, 3.63) is 35.0 Å².